The lowest BCUT2D eigenvalue weighted by molar-refractivity contribution is -0.385. The summed E-state index contributed by atoms with van der Waals surface area (Å²) in [6.07, 6.45) is 2.97. The summed E-state index contributed by atoms with van der Waals surface area (Å²) in [4.78, 5) is 22.8. The summed E-state index contributed by atoms with van der Waals surface area (Å²) in [6.45, 7) is 1.63. The number of hydrogen-bond acceptors (Lipinski definition) is 5. The van der Waals surface area contributed by atoms with E-state index < -0.39 is 4.92 Å². The second kappa shape index (κ2) is 7.94. The zero-order valence-electron chi connectivity index (χ0n) is 13.9. The highest BCUT2D eigenvalue weighted by Gasteiger charge is 2.14. The molecule has 0 N–H and O–H groups in total. The second-order valence-corrected chi connectivity index (χ2v) is 6.04. The molecule has 0 aliphatic heterocycles. The van der Waals surface area contributed by atoms with Gasteiger partial charge in [-0.05, 0) is 36.8 Å². The number of ether oxygens (including phenoxy) is 2. The Morgan fingerprint density at radius 1 is 1.16 bits per heavy atom. The molecule has 0 heterocycles. The Morgan fingerprint density at radius 2 is 1.80 bits per heavy atom. The fourth-order valence-corrected chi connectivity index (χ4v) is 2.67. The number of carbonyl (C=O) groups is 1. The average molecular weight is 406 g/mol. The van der Waals surface area contributed by atoms with Crippen LogP contribution in [0.2, 0.25) is 0 Å². The normalized spacial score (nSPS) is 10.7. The number of methoxy groups -OCH3 is 2. The predicted octanol–water partition coefficient (Wildman–Crippen LogP) is 4.58. The van der Waals surface area contributed by atoms with Crippen molar-refractivity contribution in [3.63, 3.8) is 0 Å². The van der Waals surface area contributed by atoms with E-state index in [1.54, 1.807) is 37.3 Å². The van der Waals surface area contributed by atoms with Crippen LogP contribution in [0, 0.1) is 17.0 Å². The predicted molar refractivity (Wildman–Crippen MR) is 98.4 cm³/mol. The maximum Gasteiger partial charge on any atom is 0.273 e. The van der Waals surface area contributed by atoms with Gasteiger partial charge in [0.2, 0.25) is 0 Å². The Hall–Kier alpha value is -2.67. The lowest BCUT2D eigenvalue weighted by Crippen LogP contribution is -1.98. The minimum atomic E-state index is -0.499. The van der Waals surface area contributed by atoms with Crippen LogP contribution in [0.15, 0.2) is 40.9 Å². The summed E-state index contributed by atoms with van der Waals surface area (Å²) < 4.78 is 11.2. The van der Waals surface area contributed by atoms with E-state index in [-0.39, 0.29) is 17.0 Å². The van der Waals surface area contributed by atoms with E-state index >= 15 is 0 Å². The van der Waals surface area contributed by atoms with Crippen molar-refractivity contribution in [3.8, 4) is 11.5 Å². The molecule has 25 heavy (non-hydrogen) atoms. The van der Waals surface area contributed by atoms with Crippen molar-refractivity contribution in [1.82, 2.24) is 0 Å². The van der Waals surface area contributed by atoms with Gasteiger partial charge in [0.15, 0.2) is 17.3 Å². The highest BCUT2D eigenvalue weighted by Crippen LogP contribution is 2.34. The molecule has 2 aromatic carbocycles. The van der Waals surface area contributed by atoms with Crippen molar-refractivity contribution in [1.29, 1.82) is 0 Å². The van der Waals surface area contributed by atoms with Crippen LogP contribution in [-0.2, 0) is 0 Å². The summed E-state index contributed by atoms with van der Waals surface area (Å²) >= 11 is 3.41. The molecule has 0 bridgehead atoms. The standard InChI is InChI=1S/C18H16BrNO5/c1-11-4-5-13(8-15(11)20(22)23)16(21)7-6-12-9-17(24-2)18(25-3)10-14(12)19/h4-10H,1-3H3/b7-6+. The van der Waals surface area contributed by atoms with Crippen LogP contribution >= 0.6 is 15.9 Å². The summed E-state index contributed by atoms with van der Waals surface area (Å²) in [5.74, 6) is 0.764. The Labute approximate surface area is 153 Å². The van der Waals surface area contributed by atoms with Crippen molar-refractivity contribution in [3.05, 3.63) is 67.7 Å². The second-order valence-electron chi connectivity index (χ2n) is 5.18. The minimum absolute atomic E-state index is 0.0773. The van der Waals surface area contributed by atoms with E-state index in [9.17, 15) is 14.9 Å². The molecule has 0 spiro atoms. The van der Waals surface area contributed by atoms with Gasteiger partial charge in [0.05, 0.1) is 19.1 Å². The number of nitro benzene ring substituents is 1. The number of allylic oxidation sites excluding steroid dienone is 1. The number of nitrogens with zero attached hydrogens (tertiary/aromatic N) is 1. The lowest BCUT2D eigenvalue weighted by Gasteiger charge is -2.09. The number of benzene rings is 2. The van der Waals surface area contributed by atoms with Crippen LogP contribution in [0.25, 0.3) is 6.08 Å². The Kier molecular flexibility index (Phi) is 5.93. The van der Waals surface area contributed by atoms with Crippen molar-refractivity contribution in [2.24, 2.45) is 0 Å². The summed E-state index contributed by atoms with van der Waals surface area (Å²) in [5, 5.41) is 11.0. The van der Waals surface area contributed by atoms with Gasteiger partial charge in [-0.3, -0.25) is 14.9 Å². The molecule has 6 nitrogen and oxygen atoms in total. The SMILES string of the molecule is COc1cc(Br)c(/C=C/C(=O)c2ccc(C)c([N+](=O)[O-])c2)cc1OC. The van der Waals surface area contributed by atoms with E-state index in [2.05, 4.69) is 15.9 Å². The first-order valence-corrected chi connectivity index (χ1v) is 8.05. The molecule has 2 rings (SSSR count). The molecule has 0 saturated heterocycles. The highest BCUT2D eigenvalue weighted by atomic mass is 79.9. The summed E-state index contributed by atoms with van der Waals surface area (Å²) in [7, 11) is 3.06. The summed E-state index contributed by atoms with van der Waals surface area (Å²) in [6, 6.07) is 7.87. The maximum atomic E-state index is 12.3. The molecule has 0 aromatic heterocycles. The molecule has 130 valence electrons. The van der Waals surface area contributed by atoms with Gasteiger partial charge in [0, 0.05) is 21.7 Å². The van der Waals surface area contributed by atoms with Crippen molar-refractivity contribution < 1.29 is 19.2 Å². The van der Waals surface area contributed by atoms with Crippen LogP contribution < -0.4 is 9.47 Å². The Balaban J connectivity index is 2.32. The third-order valence-corrected chi connectivity index (χ3v) is 4.29. The van der Waals surface area contributed by atoms with Gasteiger partial charge in [-0.1, -0.05) is 28.1 Å². The molecule has 2 aromatic rings. The number of hydrogen-bond donors (Lipinski definition) is 0. The monoisotopic (exact) mass is 405 g/mol. The van der Waals surface area contributed by atoms with E-state index in [0.717, 1.165) is 4.47 Å². The highest BCUT2D eigenvalue weighted by molar-refractivity contribution is 9.10. The van der Waals surface area contributed by atoms with Crippen molar-refractivity contribution in [2.45, 2.75) is 6.92 Å². The molecule has 0 aliphatic carbocycles. The number of ketones is 1. The van der Waals surface area contributed by atoms with Gasteiger partial charge in [-0.25, -0.2) is 0 Å². The van der Waals surface area contributed by atoms with E-state index in [4.69, 9.17) is 9.47 Å². The fourth-order valence-electron chi connectivity index (χ4n) is 2.22. The zero-order valence-corrected chi connectivity index (χ0v) is 15.5. The molecule has 0 radical (unpaired) electrons. The molecule has 0 fully saturated rings. The van der Waals surface area contributed by atoms with Crippen LogP contribution in [0.4, 0.5) is 5.69 Å². The third kappa shape index (κ3) is 4.24. The molecule has 0 unspecified atom stereocenters. The number of halogens is 1. The third-order valence-electron chi connectivity index (χ3n) is 3.61. The van der Waals surface area contributed by atoms with E-state index in [1.807, 2.05) is 0 Å². The van der Waals surface area contributed by atoms with Crippen LogP contribution in [0.1, 0.15) is 21.5 Å². The Bertz CT molecular complexity index is 861. The smallest absolute Gasteiger partial charge is 0.273 e. The van der Waals surface area contributed by atoms with E-state index in [0.29, 0.717) is 22.6 Å². The zero-order chi connectivity index (χ0) is 18.6. The first-order chi connectivity index (χ1) is 11.9. The van der Waals surface area contributed by atoms with Crippen LogP contribution in [-0.4, -0.2) is 24.9 Å². The first kappa shape index (κ1) is 18.7. The number of carbonyl (C=O) groups excluding carboxylic acids is 1. The quantitative estimate of drug-likeness (QED) is 0.304. The molecular weight excluding hydrogens is 390 g/mol. The minimum Gasteiger partial charge on any atom is -0.493 e. The summed E-state index contributed by atoms with van der Waals surface area (Å²) in [5.41, 5.74) is 1.40. The first-order valence-electron chi connectivity index (χ1n) is 7.26. The molecule has 7 heteroatoms. The molecule has 0 amide bonds. The van der Waals surface area contributed by atoms with Gasteiger partial charge in [0.1, 0.15) is 0 Å². The number of rotatable bonds is 6. The number of aryl methyl sites for hydroxylation is 1. The van der Waals surface area contributed by atoms with Gasteiger partial charge in [-0.15, -0.1) is 0 Å². The topological polar surface area (TPSA) is 78.7 Å². The van der Waals surface area contributed by atoms with Gasteiger partial charge < -0.3 is 9.47 Å². The van der Waals surface area contributed by atoms with E-state index in [1.165, 1.54) is 26.4 Å². The molecule has 0 aliphatic rings. The Morgan fingerprint density at radius 3 is 2.40 bits per heavy atom. The molecule has 0 atom stereocenters. The molecule has 0 saturated carbocycles. The van der Waals surface area contributed by atoms with Gasteiger partial charge >= 0.3 is 0 Å². The van der Waals surface area contributed by atoms with Crippen LogP contribution in [0.3, 0.4) is 0 Å². The lowest BCUT2D eigenvalue weighted by atomic mass is 10.1. The maximum absolute atomic E-state index is 12.3. The fraction of sp³-hybridized carbons (Fsp3) is 0.167. The molecular formula is C18H16BrNO5. The number of nitro groups is 1. The average Bonchev–Trinajstić information content (AvgIpc) is 2.60. The van der Waals surface area contributed by atoms with Gasteiger partial charge in [-0.2, -0.15) is 0 Å². The van der Waals surface area contributed by atoms with Crippen molar-refractivity contribution in [2.75, 3.05) is 14.2 Å². The van der Waals surface area contributed by atoms with Gasteiger partial charge in [0.25, 0.3) is 5.69 Å². The van der Waals surface area contributed by atoms with Crippen molar-refractivity contribution >= 4 is 33.5 Å². The van der Waals surface area contributed by atoms with Crippen LogP contribution in [0.5, 0.6) is 11.5 Å². The largest absolute Gasteiger partial charge is 0.493 e.